The van der Waals surface area contributed by atoms with Crippen LogP contribution in [0.2, 0.25) is 0 Å². The predicted octanol–water partition coefficient (Wildman–Crippen LogP) is 2.59. The molecule has 16 heavy (non-hydrogen) atoms. The number of ether oxygens (including phenoxy) is 1. The molecule has 0 fully saturated rings. The van der Waals surface area contributed by atoms with E-state index in [1.807, 2.05) is 0 Å². The van der Waals surface area contributed by atoms with Crippen LogP contribution in [0.1, 0.15) is 37.6 Å². The molecule has 1 heterocycles. The average Bonchev–Trinajstić information content (AvgIpc) is 2.16. The third-order valence-electron chi connectivity index (χ3n) is 2.12. The number of aromatic nitrogens is 1. The molecule has 0 spiro atoms. The van der Waals surface area contributed by atoms with Gasteiger partial charge in [0.05, 0.1) is 12.8 Å². The van der Waals surface area contributed by atoms with Crippen molar-refractivity contribution in [2.75, 3.05) is 6.61 Å². The van der Waals surface area contributed by atoms with Gasteiger partial charge in [0.1, 0.15) is 5.56 Å². The maximum absolute atomic E-state index is 10.9. The molecule has 0 aromatic carbocycles. The fraction of sp³-hybridized carbons (Fsp3) is 0.500. The van der Waals surface area contributed by atoms with Gasteiger partial charge < -0.3 is 9.84 Å². The number of carboxylic acid groups (broad SMARTS) is 1. The molecular weight excluding hydrogens is 206 g/mol. The van der Waals surface area contributed by atoms with Gasteiger partial charge in [-0.25, -0.2) is 4.79 Å². The third kappa shape index (κ3) is 3.88. The zero-order valence-electron chi connectivity index (χ0n) is 9.86. The van der Waals surface area contributed by atoms with Crippen molar-refractivity contribution in [3.05, 3.63) is 24.0 Å². The van der Waals surface area contributed by atoms with Crippen LogP contribution in [0.5, 0.6) is 5.75 Å². The monoisotopic (exact) mass is 223 g/mol. The van der Waals surface area contributed by atoms with Crippen molar-refractivity contribution in [2.45, 2.75) is 27.2 Å². The summed E-state index contributed by atoms with van der Waals surface area (Å²) in [4.78, 5) is 14.7. The molecule has 1 aromatic rings. The molecule has 1 N–H and O–H groups in total. The molecule has 88 valence electrons. The summed E-state index contributed by atoms with van der Waals surface area (Å²) < 4.78 is 5.43. The van der Waals surface area contributed by atoms with Crippen LogP contribution in [0.3, 0.4) is 0 Å². The second-order valence-electron chi connectivity index (χ2n) is 4.84. The number of nitrogens with zero attached hydrogens (tertiary/aromatic N) is 1. The number of carbonyl (C=O) groups is 1. The van der Waals surface area contributed by atoms with Gasteiger partial charge in [0.2, 0.25) is 0 Å². The Kier molecular flexibility index (Phi) is 3.88. The molecule has 0 saturated heterocycles. The summed E-state index contributed by atoms with van der Waals surface area (Å²) >= 11 is 0. The molecule has 4 nitrogen and oxygen atoms in total. The van der Waals surface area contributed by atoms with Crippen molar-refractivity contribution in [3.63, 3.8) is 0 Å². The summed E-state index contributed by atoms with van der Waals surface area (Å²) in [5.41, 5.74) is 0.329. The van der Waals surface area contributed by atoms with Gasteiger partial charge in [-0.3, -0.25) is 4.98 Å². The van der Waals surface area contributed by atoms with E-state index in [1.54, 1.807) is 0 Å². The van der Waals surface area contributed by atoms with Crippen LogP contribution in [-0.2, 0) is 0 Å². The molecule has 0 aliphatic carbocycles. The molecule has 0 radical (unpaired) electrons. The van der Waals surface area contributed by atoms with Gasteiger partial charge in [-0.15, -0.1) is 0 Å². The van der Waals surface area contributed by atoms with Gasteiger partial charge >= 0.3 is 5.97 Å². The van der Waals surface area contributed by atoms with Crippen LogP contribution in [0.25, 0.3) is 0 Å². The Morgan fingerprint density at radius 3 is 2.75 bits per heavy atom. The summed E-state index contributed by atoms with van der Waals surface area (Å²) in [6, 6.07) is 1.44. The quantitative estimate of drug-likeness (QED) is 0.852. The minimum atomic E-state index is -0.992. The van der Waals surface area contributed by atoms with Crippen LogP contribution in [0, 0.1) is 5.41 Å². The zero-order valence-corrected chi connectivity index (χ0v) is 9.86. The number of hydrogen-bond acceptors (Lipinski definition) is 3. The number of carboxylic acids is 1. The summed E-state index contributed by atoms with van der Waals surface area (Å²) in [5.74, 6) is -0.660. The van der Waals surface area contributed by atoms with E-state index in [9.17, 15) is 4.79 Å². The van der Waals surface area contributed by atoms with Crippen molar-refractivity contribution in [2.24, 2.45) is 5.41 Å². The molecule has 0 saturated carbocycles. The minimum Gasteiger partial charge on any atom is -0.491 e. The molecule has 0 aliphatic heterocycles. The largest absolute Gasteiger partial charge is 0.491 e. The van der Waals surface area contributed by atoms with Gasteiger partial charge in [-0.05, 0) is 17.9 Å². The molecule has 4 heteroatoms. The molecule has 0 bridgehead atoms. The van der Waals surface area contributed by atoms with Crippen molar-refractivity contribution in [1.82, 2.24) is 4.98 Å². The van der Waals surface area contributed by atoms with Gasteiger partial charge in [0.15, 0.2) is 5.75 Å². The van der Waals surface area contributed by atoms with Crippen LogP contribution >= 0.6 is 0 Å². The van der Waals surface area contributed by atoms with Gasteiger partial charge in [-0.1, -0.05) is 20.8 Å². The lowest BCUT2D eigenvalue weighted by Gasteiger charge is -2.18. The van der Waals surface area contributed by atoms with Crippen molar-refractivity contribution >= 4 is 5.97 Å². The first-order valence-electron chi connectivity index (χ1n) is 5.20. The van der Waals surface area contributed by atoms with E-state index in [2.05, 4.69) is 25.8 Å². The van der Waals surface area contributed by atoms with E-state index in [0.717, 1.165) is 6.42 Å². The van der Waals surface area contributed by atoms with Crippen LogP contribution in [0.15, 0.2) is 18.5 Å². The number of rotatable bonds is 4. The highest BCUT2D eigenvalue weighted by molar-refractivity contribution is 5.90. The van der Waals surface area contributed by atoms with Gasteiger partial charge in [-0.2, -0.15) is 0 Å². The lowest BCUT2D eigenvalue weighted by atomic mass is 9.93. The molecule has 0 atom stereocenters. The Morgan fingerprint density at radius 2 is 2.19 bits per heavy atom. The molecule has 0 unspecified atom stereocenters. The number of hydrogen-bond donors (Lipinski definition) is 1. The zero-order chi connectivity index (χ0) is 12.2. The van der Waals surface area contributed by atoms with Gasteiger partial charge in [0, 0.05) is 6.20 Å². The third-order valence-corrected chi connectivity index (χ3v) is 2.12. The first kappa shape index (κ1) is 12.5. The SMILES string of the molecule is CC(C)(C)CCOc1cnccc1C(=O)O. The molecule has 1 rings (SSSR count). The van der Waals surface area contributed by atoms with Crippen LogP contribution in [0.4, 0.5) is 0 Å². The fourth-order valence-corrected chi connectivity index (χ4v) is 1.14. The van der Waals surface area contributed by atoms with Crippen LogP contribution in [-0.4, -0.2) is 22.7 Å². The van der Waals surface area contributed by atoms with Crippen molar-refractivity contribution in [3.8, 4) is 5.75 Å². The summed E-state index contributed by atoms with van der Waals surface area (Å²) in [7, 11) is 0. The Labute approximate surface area is 95.3 Å². The van der Waals surface area contributed by atoms with E-state index in [-0.39, 0.29) is 11.0 Å². The Balaban J connectivity index is 2.64. The van der Waals surface area contributed by atoms with Crippen LogP contribution < -0.4 is 4.74 Å². The van der Waals surface area contributed by atoms with E-state index < -0.39 is 5.97 Å². The summed E-state index contributed by atoms with van der Waals surface area (Å²) in [5, 5.41) is 8.92. The fourth-order valence-electron chi connectivity index (χ4n) is 1.14. The Morgan fingerprint density at radius 1 is 1.50 bits per heavy atom. The summed E-state index contributed by atoms with van der Waals surface area (Å²) in [6.07, 6.45) is 3.74. The Bertz CT molecular complexity index is 369. The predicted molar refractivity (Wildman–Crippen MR) is 60.8 cm³/mol. The molecular formula is C12H17NO3. The van der Waals surface area contributed by atoms with E-state index in [1.165, 1.54) is 18.5 Å². The smallest absolute Gasteiger partial charge is 0.339 e. The normalized spacial score (nSPS) is 11.2. The second kappa shape index (κ2) is 4.96. The lowest BCUT2D eigenvalue weighted by Crippen LogP contribution is -2.12. The van der Waals surface area contributed by atoms with E-state index >= 15 is 0 Å². The Hall–Kier alpha value is -1.58. The topological polar surface area (TPSA) is 59.4 Å². The molecule has 0 amide bonds. The molecule has 0 aliphatic rings. The highest BCUT2D eigenvalue weighted by Gasteiger charge is 2.13. The first-order valence-corrected chi connectivity index (χ1v) is 5.20. The highest BCUT2D eigenvalue weighted by Crippen LogP contribution is 2.21. The summed E-state index contributed by atoms with van der Waals surface area (Å²) in [6.45, 7) is 6.82. The van der Waals surface area contributed by atoms with E-state index in [4.69, 9.17) is 9.84 Å². The lowest BCUT2D eigenvalue weighted by molar-refractivity contribution is 0.0691. The maximum Gasteiger partial charge on any atom is 0.339 e. The highest BCUT2D eigenvalue weighted by atomic mass is 16.5. The van der Waals surface area contributed by atoms with E-state index in [0.29, 0.717) is 12.4 Å². The average molecular weight is 223 g/mol. The van der Waals surface area contributed by atoms with Crippen molar-refractivity contribution < 1.29 is 14.6 Å². The van der Waals surface area contributed by atoms with Crippen molar-refractivity contribution in [1.29, 1.82) is 0 Å². The second-order valence-corrected chi connectivity index (χ2v) is 4.84. The molecule has 1 aromatic heterocycles. The minimum absolute atomic E-state index is 0.156. The number of aromatic carboxylic acids is 1. The first-order chi connectivity index (χ1) is 7.40. The number of pyridine rings is 1. The van der Waals surface area contributed by atoms with Gasteiger partial charge in [0.25, 0.3) is 0 Å². The standard InChI is InChI=1S/C12H17NO3/c1-12(2,3)5-7-16-10-8-13-6-4-9(10)11(14)15/h4,6,8H,5,7H2,1-3H3,(H,14,15). The maximum atomic E-state index is 10.9.